The van der Waals surface area contributed by atoms with Crippen LogP contribution in [-0.4, -0.2) is 36.7 Å². The van der Waals surface area contributed by atoms with Crippen LogP contribution >= 0.6 is 0 Å². The number of aromatic amines is 1. The summed E-state index contributed by atoms with van der Waals surface area (Å²) in [6.07, 6.45) is 3.64. The van der Waals surface area contributed by atoms with Crippen LogP contribution < -0.4 is 5.32 Å². The molecule has 0 radical (unpaired) electrons. The largest absolute Gasteiger partial charge is 0.348 e. The monoisotopic (exact) mass is 360 g/mol. The highest BCUT2D eigenvalue weighted by Crippen LogP contribution is 2.19. The first-order chi connectivity index (χ1) is 13.1. The number of H-pyrrole nitrogens is 1. The number of nitrogens with zero attached hydrogens (tertiary/aromatic N) is 4. The third kappa shape index (κ3) is 3.72. The average Bonchev–Trinajstić information content (AvgIpc) is 3.27. The number of benzene rings is 1. The molecule has 0 saturated heterocycles. The summed E-state index contributed by atoms with van der Waals surface area (Å²) in [4.78, 5) is 24.7. The van der Waals surface area contributed by atoms with Crippen molar-refractivity contribution < 1.29 is 4.79 Å². The fraction of sp³-hybridized carbons (Fsp3) is 0.200. The van der Waals surface area contributed by atoms with Gasteiger partial charge in [-0.05, 0) is 50.2 Å². The van der Waals surface area contributed by atoms with Gasteiger partial charge in [0.05, 0.1) is 23.3 Å². The second-order valence-electron chi connectivity index (χ2n) is 6.59. The van der Waals surface area contributed by atoms with Crippen molar-refractivity contribution >= 4 is 16.9 Å². The quantitative estimate of drug-likeness (QED) is 0.573. The minimum absolute atomic E-state index is 0.0432. The lowest BCUT2D eigenvalue weighted by Crippen LogP contribution is -2.35. The van der Waals surface area contributed by atoms with E-state index in [1.165, 1.54) is 0 Å². The van der Waals surface area contributed by atoms with Crippen LogP contribution in [0.3, 0.4) is 0 Å². The molecule has 0 aliphatic rings. The third-order valence-electron chi connectivity index (χ3n) is 4.26. The average molecular weight is 360 g/mol. The van der Waals surface area contributed by atoms with Gasteiger partial charge in [-0.2, -0.15) is 5.10 Å². The Morgan fingerprint density at radius 1 is 1.26 bits per heavy atom. The topological polar surface area (TPSA) is 88.5 Å². The van der Waals surface area contributed by atoms with E-state index >= 15 is 0 Å². The first-order valence-electron chi connectivity index (χ1n) is 8.80. The number of hydrogen-bond acceptors (Lipinski definition) is 4. The van der Waals surface area contributed by atoms with Gasteiger partial charge in [0.2, 0.25) is 0 Å². The maximum atomic E-state index is 12.6. The lowest BCUT2D eigenvalue weighted by Gasteiger charge is -2.14. The van der Waals surface area contributed by atoms with Gasteiger partial charge in [-0.15, -0.1) is 0 Å². The molecule has 0 saturated carbocycles. The summed E-state index contributed by atoms with van der Waals surface area (Å²) >= 11 is 0. The van der Waals surface area contributed by atoms with E-state index in [1.807, 2.05) is 61.1 Å². The van der Waals surface area contributed by atoms with Crippen molar-refractivity contribution in [2.45, 2.75) is 26.4 Å². The summed E-state index contributed by atoms with van der Waals surface area (Å²) in [5.74, 6) is 0.563. The minimum atomic E-state index is -0.123. The number of pyridine rings is 1. The van der Waals surface area contributed by atoms with Crippen LogP contribution in [0.2, 0.25) is 0 Å². The Kier molecular flexibility index (Phi) is 4.42. The Balaban J connectivity index is 1.50. The molecule has 27 heavy (non-hydrogen) atoms. The molecule has 136 valence electrons. The van der Waals surface area contributed by atoms with Crippen LogP contribution in [0, 0.1) is 6.92 Å². The smallest absolute Gasteiger partial charge is 0.251 e. The minimum Gasteiger partial charge on any atom is -0.348 e. The van der Waals surface area contributed by atoms with E-state index in [2.05, 4.69) is 25.4 Å². The number of aryl methyl sites for hydroxylation is 1. The van der Waals surface area contributed by atoms with Crippen molar-refractivity contribution in [3.63, 3.8) is 0 Å². The van der Waals surface area contributed by atoms with E-state index in [4.69, 9.17) is 0 Å². The van der Waals surface area contributed by atoms with Crippen molar-refractivity contribution in [1.29, 1.82) is 0 Å². The molecule has 3 aromatic heterocycles. The molecule has 0 spiro atoms. The second-order valence-corrected chi connectivity index (χ2v) is 6.59. The highest BCUT2D eigenvalue weighted by molar-refractivity contribution is 5.97. The van der Waals surface area contributed by atoms with Crippen molar-refractivity contribution in [2.75, 3.05) is 0 Å². The molecule has 1 unspecified atom stereocenters. The highest BCUT2D eigenvalue weighted by Gasteiger charge is 2.13. The van der Waals surface area contributed by atoms with Crippen LogP contribution in [0.4, 0.5) is 0 Å². The van der Waals surface area contributed by atoms with Gasteiger partial charge < -0.3 is 10.3 Å². The van der Waals surface area contributed by atoms with E-state index in [0.717, 1.165) is 22.4 Å². The van der Waals surface area contributed by atoms with Crippen molar-refractivity contribution in [1.82, 2.24) is 30.0 Å². The number of nitrogens with one attached hydrogen (secondary N) is 2. The Morgan fingerprint density at radius 2 is 2.15 bits per heavy atom. The Labute approximate surface area is 156 Å². The van der Waals surface area contributed by atoms with Gasteiger partial charge in [0.15, 0.2) is 5.82 Å². The van der Waals surface area contributed by atoms with Gasteiger partial charge >= 0.3 is 0 Å². The summed E-state index contributed by atoms with van der Waals surface area (Å²) in [6.45, 7) is 4.52. The first-order valence-corrected chi connectivity index (χ1v) is 8.80. The molecule has 0 aliphatic carbocycles. The number of hydrogen-bond donors (Lipinski definition) is 2. The first kappa shape index (κ1) is 17.0. The second kappa shape index (κ2) is 7.03. The van der Waals surface area contributed by atoms with Crippen LogP contribution in [0.5, 0.6) is 0 Å². The molecule has 0 fully saturated rings. The number of rotatable bonds is 5. The van der Waals surface area contributed by atoms with Crippen LogP contribution in [0.15, 0.2) is 54.9 Å². The Bertz CT molecular complexity index is 1080. The molecule has 1 aromatic carbocycles. The van der Waals surface area contributed by atoms with Crippen molar-refractivity contribution in [3.05, 3.63) is 66.1 Å². The zero-order valence-corrected chi connectivity index (χ0v) is 15.2. The van der Waals surface area contributed by atoms with Gasteiger partial charge in [-0.1, -0.05) is 6.07 Å². The van der Waals surface area contributed by atoms with Gasteiger partial charge in [0.25, 0.3) is 5.91 Å². The zero-order chi connectivity index (χ0) is 18.8. The zero-order valence-electron chi connectivity index (χ0n) is 15.2. The van der Waals surface area contributed by atoms with E-state index in [-0.39, 0.29) is 11.9 Å². The highest BCUT2D eigenvalue weighted by atomic mass is 16.1. The number of carbonyl (C=O) groups excluding carboxylic acids is 1. The lowest BCUT2D eigenvalue weighted by atomic mass is 10.1. The molecule has 0 aliphatic heterocycles. The molecule has 3 heterocycles. The molecular weight excluding hydrogens is 340 g/mol. The standard InChI is InChI=1S/C20H20N6O/c1-13-8-10-26(25-13)12-14(2)22-20(27)15-6-7-16-18(11-15)24-19(23-16)17-5-3-4-9-21-17/h3-11,14H,12H2,1-2H3,(H,22,27)(H,23,24). The SMILES string of the molecule is Cc1ccn(CC(C)NC(=O)c2ccc3nc(-c4ccccn4)[nH]c3c2)n1. The summed E-state index contributed by atoms with van der Waals surface area (Å²) < 4.78 is 1.83. The normalized spacial score (nSPS) is 12.2. The molecule has 1 amide bonds. The number of imidazole rings is 1. The molecule has 1 atom stereocenters. The molecule has 0 bridgehead atoms. The van der Waals surface area contributed by atoms with E-state index in [1.54, 1.807) is 12.3 Å². The fourth-order valence-electron chi connectivity index (χ4n) is 2.97. The molecule has 4 rings (SSSR count). The van der Waals surface area contributed by atoms with Gasteiger partial charge in [0.1, 0.15) is 5.69 Å². The Morgan fingerprint density at radius 3 is 2.89 bits per heavy atom. The van der Waals surface area contributed by atoms with E-state index in [0.29, 0.717) is 17.9 Å². The predicted octanol–water partition coefficient (Wildman–Crippen LogP) is 2.95. The number of amides is 1. The van der Waals surface area contributed by atoms with Gasteiger partial charge in [0, 0.05) is 24.0 Å². The number of carbonyl (C=O) groups is 1. The molecule has 2 N–H and O–H groups in total. The summed E-state index contributed by atoms with van der Waals surface area (Å²) in [5, 5.41) is 7.36. The predicted molar refractivity (Wildman–Crippen MR) is 103 cm³/mol. The van der Waals surface area contributed by atoms with Crippen LogP contribution in [0.1, 0.15) is 23.0 Å². The van der Waals surface area contributed by atoms with E-state index < -0.39 is 0 Å². The van der Waals surface area contributed by atoms with Crippen LogP contribution in [0.25, 0.3) is 22.6 Å². The molecule has 7 heteroatoms. The van der Waals surface area contributed by atoms with Crippen molar-refractivity contribution in [2.24, 2.45) is 0 Å². The Hall–Kier alpha value is -3.48. The maximum absolute atomic E-state index is 12.6. The lowest BCUT2D eigenvalue weighted by molar-refractivity contribution is 0.0936. The van der Waals surface area contributed by atoms with Crippen LogP contribution in [-0.2, 0) is 6.54 Å². The number of aromatic nitrogens is 5. The van der Waals surface area contributed by atoms with Crippen molar-refractivity contribution in [3.8, 4) is 11.5 Å². The summed E-state index contributed by atoms with van der Waals surface area (Å²) in [5.41, 5.74) is 3.91. The summed E-state index contributed by atoms with van der Waals surface area (Å²) in [6, 6.07) is 13.0. The van der Waals surface area contributed by atoms with E-state index in [9.17, 15) is 4.79 Å². The number of fused-ring (bicyclic) bond motifs is 1. The fourth-order valence-corrected chi connectivity index (χ4v) is 2.97. The third-order valence-corrected chi connectivity index (χ3v) is 4.26. The summed E-state index contributed by atoms with van der Waals surface area (Å²) in [7, 11) is 0. The molecule has 7 nitrogen and oxygen atoms in total. The molecular formula is C20H20N6O. The maximum Gasteiger partial charge on any atom is 0.251 e. The molecule has 4 aromatic rings. The van der Waals surface area contributed by atoms with Gasteiger partial charge in [-0.3, -0.25) is 14.5 Å². The van der Waals surface area contributed by atoms with Gasteiger partial charge in [-0.25, -0.2) is 4.98 Å².